The van der Waals surface area contributed by atoms with E-state index in [1.807, 2.05) is 0 Å². The third-order valence-electron chi connectivity index (χ3n) is 5.48. The van der Waals surface area contributed by atoms with E-state index in [1.165, 1.54) is 36.4 Å². The van der Waals surface area contributed by atoms with E-state index < -0.39 is 20.2 Å². The van der Waals surface area contributed by atoms with Gasteiger partial charge in [-0.1, -0.05) is 24.3 Å². The van der Waals surface area contributed by atoms with Crippen molar-refractivity contribution in [3.05, 3.63) is 77.9 Å². The Bertz CT molecular complexity index is 1820. The van der Waals surface area contributed by atoms with Gasteiger partial charge < -0.3 is 5.73 Å². The maximum atomic E-state index is 11.8. The number of rotatable bonds is 6. The zero-order valence-corrected chi connectivity index (χ0v) is 21.2. The summed E-state index contributed by atoms with van der Waals surface area (Å²) < 4.78 is 65.7. The van der Waals surface area contributed by atoms with Crippen LogP contribution in [0.1, 0.15) is 11.1 Å². The van der Waals surface area contributed by atoms with Crippen LogP contribution in [0.3, 0.4) is 0 Å². The topological polar surface area (TPSA) is 184 Å². The Labute approximate surface area is 212 Å². The van der Waals surface area contributed by atoms with Crippen molar-refractivity contribution in [2.45, 2.75) is 23.6 Å². The van der Waals surface area contributed by atoms with Gasteiger partial charge in [0.1, 0.15) is 15.5 Å². The molecule has 0 aliphatic rings. The van der Waals surface area contributed by atoms with Gasteiger partial charge in [-0.2, -0.15) is 27.1 Å². The van der Waals surface area contributed by atoms with Crippen LogP contribution in [0.15, 0.2) is 97.0 Å². The Morgan fingerprint density at radius 1 is 0.622 bits per heavy atom. The molecule has 0 saturated heterocycles. The number of azo groups is 2. The van der Waals surface area contributed by atoms with Gasteiger partial charge in [-0.3, -0.25) is 9.11 Å². The van der Waals surface area contributed by atoms with Crippen molar-refractivity contribution >= 4 is 59.4 Å². The van der Waals surface area contributed by atoms with E-state index in [2.05, 4.69) is 20.5 Å². The van der Waals surface area contributed by atoms with Crippen molar-refractivity contribution in [3.8, 4) is 0 Å². The molecule has 4 rings (SSSR count). The third kappa shape index (κ3) is 5.54. The van der Waals surface area contributed by atoms with E-state index in [-0.39, 0.29) is 26.6 Å². The van der Waals surface area contributed by atoms with Crippen molar-refractivity contribution < 1.29 is 25.9 Å². The molecule has 0 amide bonds. The number of nitrogen functional groups attached to an aromatic ring is 1. The molecule has 13 heteroatoms. The van der Waals surface area contributed by atoms with Gasteiger partial charge in [0.2, 0.25) is 0 Å². The van der Waals surface area contributed by atoms with Crippen LogP contribution in [0.5, 0.6) is 0 Å². The first kappa shape index (κ1) is 26.0. The van der Waals surface area contributed by atoms with Crippen molar-refractivity contribution in [1.82, 2.24) is 0 Å². The SMILES string of the molecule is Cc1cc(N=Nc2ccc(N)c3c(S(=O)(=O)O)cccc23)c(C)cc1N=Nc1ccccc1S(=O)(=O)O. The molecule has 0 aliphatic carbocycles. The average molecular weight is 540 g/mol. The minimum atomic E-state index is -4.51. The van der Waals surface area contributed by atoms with Crippen LogP contribution in [-0.4, -0.2) is 25.9 Å². The summed E-state index contributed by atoms with van der Waals surface area (Å²) in [5, 5.41) is 17.3. The van der Waals surface area contributed by atoms with Crippen LogP contribution in [0, 0.1) is 13.8 Å². The number of hydrogen-bond acceptors (Lipinski definition) is 9. The Morgan fingerprint density at radius 3 is 1.73 bits per heavy atom. The molecule has 0 radical (unpaired) electrons. The summed E-state index contributed by atoms with van der Waals surface area (Å²) >= 11 is 0. The van der Waals surface area contributed by atoms with E-state index in [1.54, 1.807) is 44.2 Å². The first-order valence-corrected chi connectivity index (χ1v) is 13.5. The predicted octanol–water partition coefficient (Wildman–Crippen LogP) is 6.36. The van der Waals surface area contributed by atoms with Gasteiger partial charge in [-0.15, -0.1) is 10.2 Å². The molecule has 0 fully saturated rings. The van der Waals surface area contributed by atoms with Crippen LogP contribution >= 0.6 is 0 Å². The number of aryl methyl sites for hydroxylation is 2. The monoisotopic (exact) mass is 539 g/mol. The maximum absolute atomic E-state index is 11.8. The van der Waals surface area contributed by atoms with E-state index in [0.717, 1.165) is 0 Å². The highest BCUT2D eigenvalue weighted by Gasteiger charge is 2.18. The molecule has 0 heterocycles. The molecule has 4 aromatic carbocycles. The first-order valence-electron chi connectivity index (χ1n) is 10.7. The van der Waals surface area contributed by atoms with E-state index in [0.29, 0.717) is 33.6 Å². The molecule has 0 spiro atoms. The van der Waals surface area contributed by atoms with E-state index in [4.69, 9.17) is 5.73 Å². The van der Waals surface area contributed by atoms with Crippen LogP contribution in [0.4, 0.5) is 28.4 Å². The highest BCUT2D eigenvalue weighted by atomic mass is 32.2. The maximum Gasteiger partial charge on any atom is 0.296 e. The second-order valence-electron chi connectivity index (χ2n) is 8.10. The predicted molar refractivity (Wildman–Crippen MR) is 139 cm³/mol. The number of nitrogens with zero attached hydrogens (tertiary/aromatic N) is 4. The lowest BCUT2D eigenvalue weighted by Crippen LogP contribution is -2.01. The van der Waals surface area contributed by atoms with Gasteiger partial charge in [0.05, 0.1) is 17.1 Å². The minimum Gasteiger partial charge on any atom is -0.398 e. The van der Waals surface area contributed by atoms with Gasteiger partial charge in [0, 0.05) is 16.5 Å². The fourth-order valence-electron chi connectivity index (χ4n) is 3.66. The van der Waals surface area contributed by atoms with E-state index in [9.17, 15) is 25.9 Å². The highest BCUT2D eigenvalue weighted by molar-refractivity contribution is 7.86. The summed E-state index contributed by atoms with van der Waals surface area (Å²) in [6.07, 6.45) is 0. The van der Waals surface area contributed by atoms with Crippen LogP contribution in [0.25, 0.3) is 10.8 Å². The molecule has 0 aromatic heterocycles. The second kappa shape index (κ2) is 9.78. The molecular formula is C24H21N5O6S2. The summed E-state index contributed by atoms with van der Waals surface area (Å²) in [4.78, 5) is -0.678. The first-order chi connectivity index (χ1) is 17.4. The molecule has 4 aromatic rings. The number of fused-ring (bicyclic) bond motifs is 1. The summed E-state index contributed by atoms with van der Waals surface area (Å²) in [5.74, 6) is 0. The molecule has 0 atom stereocenters. The molecule has 190 valence electrons. The van der Waals surface area contributed by atoms with Gasteiger partial charge in [-0.25, -0.2) is 0 Å². The number of hydrogen-bond donors (Lipinski definition) is 3. The molecule has 0 saturated carbocycles. The zero-order chi connectivity index (χ0) is 27.0. The van der Waals surface area contributed by atoms with Crippen molar-refractivity contribution in [2.75, 3.05) is 5.73 Å². The zero-order valence-electron chi connectivity index (χ0n) is 19.6. The molecule has 37 heavy (non-hydrogen) atoms. The third-order valence-corrected chi connectivity index (χ3v) is 7.28. The van der Waals surface area contributed by atoms with Crippen molar-refractivity contribution in [3.63, 3.8) is 0 Å². The van der Waals surface area contributed by atoms with Crippen molar-refractivity contribution in [1.29, 1.82) is 0 Å². The van der Waals surface area contributed by atoms with Gasteiger partial charge in [0.15, 0.2) is 0 Å². The quantitative estimate of drug-likeness (QED) is 0.144. The van der Waals surface area contributed by atoms with Crippen LogP contribution in [0.2, 0.25) is 0 Å². The number of nitrogens with two attached hydrogens (primary N) is 1. The summed E-state index contributed by atoms with van der Waals surface area (Å²) in [6.45, 7) is 3.54. The molecule has 0 bridgehead atoms. The molecular weight excluding hydrogens is 518 g/mol. The fraction of sp³-hybridized carbons (Fsp3) is 0.0833. The number of benzene rings is 4. The molecule has 4 N–H and O–H groups in total. The normalized spacial score (nSPS) is 12.6. The van der Waals surface area contributed by atoms with Gasteiger partial charge in [-0.05, 0) is 67.4 Å². The van der Waals surface area contributed by atoms with Crippen LogP contribution in [-0.2, 0) is 20.2 Å². The smallest absolute Gasteiger partial charge is 0.296 e. The highest BCUT2D eigenvalue weighted by Crippen LogP contribution is 2.37. The molecule has 0 unspecified atom stereocenters. The summed E-state index contributed by atoms with van der Waals surface area (Å²) in [7, 11) is -8.97. The summed E-state index contributed by atoms with van der Waals surface area (Å²) in [6, 6.07) is 16.5. The van der Waals surface area contributed by atoms with Gasteiger partial charge in [0.25, 0.3) is 20.2 Å². The second-order valence-corrected chi connectivity index (χ2v) is 10.9. The van der Waals surface area contributed by atoms with Gasteiger partial charge >= 0.3 is 0 Å². The largest absolute Gasteiger partial charge is 0.398 e. The number of anilines is 1. The summed E-state index contributed by atoms with van der Waals surface area (Å²) in [5.41, 5.74) is 8.80. The lowest BCUT2D eigenvalue weighted by molar-refractivity contribution is 0.481. The Balaban J connectivity index is 1.71. The Kier molecular flexibility index (Phi) is 6.88. The van der Waals surface area contributed by atoms with Crippen LogP contribution < -0.4 is 5.73 Å². The Hall–Kier alpha value is -4.04. The van der Waals surface area contributed by atoms with Crippen molar-refractivity contribution in [2.24, 2.45) is 20.5 Å². The molecule has 0 aliphatic heterocycles. The molecule has 11 nitrogen and oxygen atoms in total. The lowest BCUT2D eigenvalue weighted by atomic mass is 10.1. The minimum absolute atomic E-state index is 0.00897. The lowest BCUT2D eigenvalue weighted by Gasteiger charge is -2.09. The Morgan fingerprint density at radius 2 is 1.14 bits per heavy atom. The average Bonchev–Trinajstić information content (AvgIpc) is 2.83. The fourth-order valence-corrected chi connectivity index (χ4v) is 5.02. The standard InChI is InChI=1S/C24H21N5O6S2/c1-14-13-21(29-27-19-7-3-4-8-22(19)36(30,31)32)15(2)12-20(14)28-26-18-11-10-17(25)24-16(18)6-5-9-23(24)37(33,34)35/h3-13H,25H2,1-2H3,(H,30,31,32)(H,33,34,35). The van der Waals surface area contributed by atoms with E-state index >= 15 is 0 Å².